The van der Waals surface area contributed by atoms with Gasteiger partial charge in [0, 0.05) is 6.07 Å². The molecule has 0 amide bonds. The van der Waals surface area contributed by atoms with E-state index in [2.05, 4.69) is 31.4 Å². The molecule has 1 heterocycles. The van der Waals surface area contributed by atoms with Crippen LogP contribution in [0, 0.1) is 0 Å². The molecule has 0 aromatic heterocycles. The molecule has 1 aliphatic rings. The van der Waals surface area contributed by atoms with Crippen LogP contribution >= 0.6 is 0 Å². The van der Waals surface area contributed by atoms with Gasteiger partial charge < -0.3 is 32.9 Å². The molecular weight excluding hydrogens is 510 g/mol. The molecule has 0 aliphatic carbocycles. The lowest BCUT2D eigenvalue weighted by molar-refractivity contribution is -0.870. The summed E-state index contributed by atoms with van der Waals surface area (Å²) >= 11 is 0. The van der Waals surface area contributed by atoms with Gasteiger partial charge in [0.2, 0.25) is 0 Å². The van der Waals surface area contributed by atoms with Crippen LogP contribution in [0.5, 0.6) is 17.2 Å². The quantitative estimate of drug-likeness (QED) is 0.150. The highest BCUT2D eigenvalue weighted by molar-refractivity contribution is 5.52. The van der Waals surface area contributed by atoms with Gasteiger partial charge in [-0.15, -0.1) is 0 Å². The van der Waals surface area contributed by atoms with E-state index in [-0.39, 0.29) is 0 Å². The first-order chi connectivity index (χ1) is 19.5. The van der Waals surface area contributed by atoms with E-state index >= 15 is 0 Å². The fourth-order valence-electron chi connectivity index (χ4n) is 3.59. The van der Waals surface area contributed by atoms with Gasteiger partial charge >= 0.3 is 0 Å². The van der Waals surface area contributed by atoms with E-state index in [1.807, 2.05) is 24.3 Å². The van der Waals surface area contributed by atoms with Crippen molar-refractivity contribution >= 4 is 11.4 Å². The molecule has 0 N–H and O–H groups in total. The highest BCUT2D eigenvalue weighted by atomic mass is 16.5. The van der Waals surface area contributed by atoms with E-state index in [1.54, 1.807) is 18.2 Å². The van der Waals surface area contributed by atoms with Crippen LogP contribution in [-0.4, -0.2) is 38.8 Å². The fourth-order valence-corrected chi connectivity index (χ4v) is 3.59. The summed E-state index contributed by atoms with van der Waals surface area (Å²) in [5.41, 5.74) is 1.30. The minimum Gasteiger partial charge on any atom is -0.494 e. The van der Waals surface area contributed by atoms with Crippen LogP contribution in [-0.2, 0) is 14.2 Å². The van der Waals surface area contributed by atoms with Crippen LogP contribution in [0.2, 0.25) is 0 Å². The van der Waals surface area contributed by atoms with Crippen LogP contribution < -0.4 is 14.2 Å². The molecule has 1 aliphatic heterocycles. The second-order valence-corrected chi connectivity index (χ2v) is 10.0. The summed E-state index contributed by atoms with van der Waals surface area (Å²) in [6, 6.07) is 12.8. The summed E-state index contributed by atoms with van der Waals surface area (Å²) in [4.78, 5) is 0. The van der Waals surface area contributed by atoms with Gasteiger partial charge in [-0.05, 0) is 55.7 Å². The largest absolute Gasteiger partial charge is 0.494 e. The molecule has 40 heavy (non-hydrogen) atoms. The number of nitrogens with zero attached hydrogens (tertiary/aromatic N) is 3. The summed E-state index contributed by atoms with van der Waals surface area (Å²) in [5, 5.41) is 8.65. The molecule has 0 radical (unpaired) electrons. The van der Waals surface area contributed by atoms with Gasteiger partial charge in [-0.3, -0.25) is 0 Å². The SMILES string of the molecule is C[N+](C)(C)CCCCCCCCOc1ccc(N=Nc2ccc3c(c2)O/C=C\O/C=C\O/C=C\O/C=C\O3)cc1. The lowest BCUT2D eigenvalue weighted by Crippen LogP contribution is -2.35. The van der Waals surface area contributed by atoms with Crippen molar-refractivity contribution in [1.82, 2.24) is 0 Å². The topological polar surface area (TPSA) is 80.1 Å². The number of hydrogen-bond acceptors (Lipinski definition) is 8. The van der Waals surface area contributed by atoms with Crippen molar-refractivity contribution in [3.63, 3.8) is 0 Å². The predicted molar refractivity (Wildman–Crippen MR) is 154 cm³/mol. The molecule has 3 rings (SSSR count). The lowest BCUT2D eigenvalue weighted by Gasteiger charge is -2.23. The second kappa shape index (κ2) is 17.4. The molecule has 0 bridgehead atoms. The maximum absolute atomic E-state index is 5.89. The molecular formula is C31H40N3O6+. The Labute approximate surface area is 237 Å². The molecule has 9 nitrogen and oxygen atoms in total. The van der Waals surface area contributed by atoms with Crippen LogP contribution in [0.15, 0.2) is 103 Å². The Morgan fingerprint density at radius 1 is 0.575 bits per heavy atom. The van der Waals surface area contributed by atoms with E-state index in [0.29, 0.717) is 22.9 Å². The fraction of sp³-hybridized carbons (Fsp3) is 0.355. The Morgan fingerprint density at radius 3 is 1.75 bits per heavy atom. The normalized spacial score (nSPS) is 16.9. The molecule has 0 saturated heterocycles. The van der Waals surface area contributed by atoms with Crippen molar-refractivity contribution in [2.45, 2.75) is 38.5 Å². The number of fused-ring (bicyclic) bond motifs is 1. The van der Waals surface area contributed by atoms with E-state index in [0.717, 1.165) is 23.3 Å². The van der Waals surface area contributed by atoms with Gasteiger partial charge in [-0.2, -0.15) is 10.2 Å². The van der Waals surface area contributed by atoms with Crippen molar-refractivity contribution in [1.29, 1.82) is 0 Å². The Balaban J connectivity index is 1.45. The first-order valence-corrected chi connectivity index (χ1v) is 13.5. The van der Waals surface area contributed by atoms with Crippen molar-refractivity contribution in [3.05, 3.63) is 92.6 Å². The number of ether oxygens (including phenoxy) is 6. The third-order valence-corrected chi connectivity index (χ3v) is 5.62. The molecule has 9 heteroatoms. The second-order valence-electron chi connectivity index (χ2n) is 10.0. The zero-order chi connectivity index (χ0) is 28.3. The predicted octanol–water partition coefficient (Wildman–Crippen LogP) is 8.23. The zero-order valence-electron chi connectivity index (χ0n) is 23.6. The minimum absolute atomic E-state index is 0.416. The average molecular weight is 551 g/mol. The summed E-state index contributed by atoms with van der Waals surface area (Å²) in [6.45, 7) is 1.96. The molecule has 0 atom stereocenters. The zero-order valence-corrected chi connectivity index (χ0v) is 23.6. The van der Waals surface area contributed by atoms with Crippen LogP contribution in [0.25, 0.3) is 0 Å². The standard InChI is InChI=1S/C31H40N3O6/c1-34(2,3)16-8-6-4-5-7-9-17-38-29-13-10-27(11-14-29)32-33-28-12-15-30-31(26-28)40-25-23-37-21-19-35-18-20-36-22-24-39-30/h10-15,18-26H,4-9,16-17H2,1-3H3/q+1/b20-18-,21-19-,24-22-,25-23-,33-32?. The van der Waals surface area contributed by atoms with Crippen LogP contribution in [0.1, 0.15) is 38.5 Å². The maximum Gasteiger partial charge on any atom is 0.171 e. The Hall–Kier alpha value is -4.24. The Bertz CT molecular complexity index is 1150. The summed E-state index contributed by atoms with van der Waals surface area (Å²) in [6.07, 6.45) is 18.2. The number of hydrogen-bond donors (Lipinski definition) is 0. The van der Waals surface area contributed by atoms with Gasteiger partial charge in [0.1, 0.15) is 55.8 Å². The van der Waals surface area contributed by atoms with Crippen LogP contribution in [0.3, 0.4) is 0 Å². The summed E-state index contributed by atoms with van der Waals surface area (Å²) in [7, 11) is 6.74. The van der Waals surface area contributed by atoms with Crippen molar-refractivity contribution in [3.8, 4) is 17.2 Å². The number of azo groups is 1. The van der Waals surface area contributed by atoms with Gasteiger partial charge in [0.25, 0.3) is 0 Å². The van der Waals surface area contributed by atoms with Gasteiger partial charge in [0.15, 0.2) is 11.5 Å². The summed E-state index contributed by atoms with van der Waals surface area (Å²) < 4.78 is 33.4. The number of benzene rings is 2. The van der Waals surface area contributed by atoms with Gasteiger partial charge in [-0.25, -0.2) is 0 Å². The molecule has 214 valence electrons. The lowest BCUT2D eigenvalue weighted by atomic mass is 10.1. The minimum atomic E-state index is 0.416. The molecule has 0 unspecified atom stereocenters. The maximum atomic E-state index is 5.89. The van der Waals surface area contributed by atoms with E-state index < -0.39 is 0 Å². The van der Waals surface area contributed by atoms with E-state index in [4.69, 9.17) is 28.4 Å². The molecule has 0 fully saturated rings. The van der Waals surface area contributed by atoms with Gasteiger partial charge in [-0.1, -0.05) is 19.3 Å². The highest BCUT2D eigenvalue weighted by Gasteiger charge is 2.07. The number of unbranched alkanes of at least 4 members (excludes halogenated alkanes) is 5. The molecule has 0 spiro atoms. The average Bonchev–Trinajstić information content (AvgIpc) is 2.95. The van der Waals surface area contributed by atoms with E-state index in [1.165, 1.54) is 88.7 Å². The third-order valence-electron chi connectivity index (χ3n) is 5.62. The van der Waals surface area contributed by atoms with Crippen molar-refractivity contribution < 1.29 is 32.9 Å². The monoisotopic (exact) mass is 550 g/mol. The molecule has 2 aromatic rings. The molecule has 2 aromatic carbocycles. The van der Waals surface area contributed by atoms with Crippen molar-refractivity contribution in [2.75, 3.05) is 34.3 Å². The highest BCUT2D eigenvalue weighted by Crippen LogP contribution is 2.33. The Kier molecular flexibility index (Phi) is 13.2. The summed E-state index contributed by atoms with van der Waals surface area (Å²) in [5.74, 6) is 1.70. The third kappa shape index (κ3) is 13.0. The Morgan fingerprint density at radius 2 is 1.10 bits per heavy atom. The number of quaternary nitrogens is 1. The first kappa shape index (κ1) is 30.3. The van der Waals surface area contributed by atoms with Gasteiger partial charge in [0.05, 0.1) is 45.7 Å². The smallest absolute Gasteiger partial charge is 0.171 e. The van der Waals surface area contributed by atoms with Crippen molar-refractivity contribution in [2.24, 2.45) is 10.2 Å². The van der Waals surface area contributed by atoms with E-state index in [9.17, 15) is 0 Å². The number of rotatable bonds is 12. The van der Waals surface area contributed by atoms with Crippen LogP contribution in [0.4, 0.5) is 11.4 Å². The molecule has 0 saturated carbocycles. The first-order valence-electron chi connectivity index (χ1n) is 13.5.